The average molecular weight is 486 g/mol. The Morgan fingerprint density at radius 2 is 1.80 bits per heavy atom. The molecule has 0 aromatic carbocycles. The zero-order valence-corrected chi connectivity index (χ0v) is 18.1. The molecule has 0 fully saturated rings. The molecule has 0 N–H and O–H groups in total. The predicted molar refractivity (Wildman–Crippen MR) is 106 cm³/mol. The summed E-state index contributed by atoms with van der Waals surface area (Å²) in [6, 6.07) is 0. The molecule has 7 nitrogen and oxygen atoms in total. The maximum absolute atomic E-state index is 12.2. The van der Waals surface area contributed by atoms with Gasteiger partial charge in [-0.25, -0.2) is 4.79 Å². The van der Waals surface area contributed by atoms with Crippen LogP contribution in [0.2, 0.25) is 0 Å². The van der Waals surface area contributed by atoms with Gasteiger partial charge in [0.15, 0.2) is 6.29 Å². The van der Waals surface area contributed by atoms with Crippen molar-refractivity contribution >= 4 is 53.0 Å². The Morgan fingerprint density at radius 1 is 1.20 bits per heavy atom. The van der Waals surface area contributed by atoms with Crippen LogP contribution in [0.15, 0.2) is 12.2 Å². The van der Waals surface area contributed by atoms with E-state index in [-0.39, 0.29) is 25.2 Å². The van der Waals surface area contributed by atoms with Crippen LogP contribution in [0.1, 0.15) is 33.6 Å². The van der Waals surface area contributed by atoms with Gasteiger partial charge in [0.2, 0.25) is 0 Å². The van der Waals surface area contributed by atoms with Crippen LogP contribution in [0.25, 0.3) is 0 Å². The molecular formula is C15H25BIO7P. The SMILES string of the molecule is BP(I)C(CC(=O)OCCOC(=O)C(=C)C)C(=O)OC(C)OCCC. The third-order valence-corrected chi connectivity index (χ3v) is 6.10. The lowest BCUT2D eigenvalue weighted by molar-refractivity contribution is -0.175. The molecule has 0 heterocycles. The normalized spacial score (nSPS) is 14.1. The highest BCUT2D eigenvalue weighted by molar-refractivity contribution is 14.2. The van der Waals surface area contributed by atoms with Crippen LogP contribution in [-0.2, 0) is 33.3 Å². The fourth-order valence-corrected chi connectivity index (χ4v) is 3.57. The second-order valence-electron chi connectivity index (χ2n) is 5.26. The number of rotatable bonds is 12. The first-order valence-electron chi connectivity index (χ1n) is 7.88. The van der Waals surface area contributed by atoms with E-state index in [2.05, 4.69) is 28.6 Å². The lowest BCUT2D eigenvalue weighted by atomic mass is 10.3. The molecular weight excluding hydrogens is 461 g/mol. The smallest absolute Gasteiger partial charge is 0.333 e. The van der Waals surface area contributed by atoms with E-state index >= 15 is 0 Å². The van der Waals surface area contributed by atoms with Crippen LogP contribution < -0.4 is 0 Å². The summed E-state index contributed by atoms with van der Waals surface area (Å²) < 4.78 is 20.3. The van der Waals surface area contributed by atoms with Gasteiger partial charge in [-0.05, 0) is 20.3 Å². The van der Waals surface area contributed by atoms with Crippen molar-refractivity contribution in [2.45, 2.75) is 45.6 Å². The Hall–Kier alpha value is -0.665. The molecule has 0 saturated carbocycles. The van der Waals surface area contributed by atoms with E-state index in [4.69, 9.17) is 18.9 Å². The highest BCUT2D eigenvalue weighted by atomic mass is 127. The summed E-state index contributed by atoms with van der Waals surface area (Å²) in [5.74, 6) is -1.55. The van der Waals surface area contributed by atoms with E-state index in [1.165, 1.54) is 6.92 Å². The van der Waals surface area contributed by atoms with Gasteiger partial charge in [-0.2, -0.15) is 0 Å². The van der Waals surface area contributed by atoms with Gasteiger partial charge in [0, 0.05) is 5.57 Å². The third-order valence-electron chi connectivity index (χ3n) is 2.83. The van der Waals surface area contributed by atoms with E-state index in [1.54, 1.807) is 6.92 Å². The quantitative estimate of drug-likeness (QED) is 0.0611. The topological polar surface area (TPSA) is 88.1 Å². The van der Waals surface area contributed by atoms with E-state index in [9.17, 15) is 14.4 Å². The molecule has 0 spiro atoms. The van der Waals surface area contributed by atoms with Crippen LogP contribution in [0.3, 0.4) is 0 Å². The Labute approximate surface area is 163 Å². The second kappa shape index (κ2) is 13.5. The molecule has 0 aromatic rings. The minimum atomic E-state index is -0.775. The van der Waals surface area contributed by atoms with Gasteiger partial charge >= 0.3 is 17.9 Å². The molecule has 0 aromatic heterocycles. The maximum atomic E-state index is 12.2. The highest BCUT2D eigenvalue weighted by Gasteiger charge is 2.29. The summed E-state index contributed by atoms with van der Waals surface area (Å²) >= 11 is 2.13. The van der Waals surface area contributed by atoms with Crippen molar-refractivity contribution in [3.05, 3.63) is 12.2 Å². The van der Waals surface area contributed by atoms with Crippen molar-refractivity contribution in [1.82, 2.24) is 0 Å². The molecule has 0 bridgehead atoms. The number of halogens is 1. The molecule has 0 amide bonds. The number of carbonyl (C=O) groups excluding carboxylic acids is 3. The first-order chi connectivity index (χ1) is 11.7. The molecule has 142 valence electrons. The largest absolute Gasteiger partial charge is 0.462 e. The molecule has 3 atom stereocenters. The summed E-state index contributed by atoms with van der Waals surface area (Å²) in [5.41, 5.74) is -1.08. The Bertz CT molecular complexity index is 473. The summed E-state index contributed by atoms with van der Waals surface area (Å²) in [7, 11) is 1.88. The van der Waals surface area contributed by atoms with Crippen molar-refractivity contribution in [3.8, 4) is 0 Å². The predicted octanol–water partition coefficient (Wildman–Crippen LogP) is 2.10. The maximum Gasteiger partial charge on any atom is 0.333 e. The number of ether oxygens (including phenoxy) is 4. The van der Waals surface area contributed by atoms with E-state index < -0.39 is 35.3 Å². The molecule has 0 rings (SSSR count). The van der Waals surface area contributed by atoms with Crippen LogP contribution >= 0.6 is 27.5 Å². The van der Waals surface area contributed by atoms with Crippen LogP contribution in [0.5, 0.6) is 0 Å². The fourth-order valence-electron chi connectivity index (χ4n) is 1.54. The number of esters is 3. The second-order valence-corrected chi connectivity index (χ2v) is 11.5. The van der Waals surface area contributed by atoms with Gasteiger partial charge in [0.05, 0.1) is 18.7 Å². The molecule has 10 heteroatoms. The van der Waals surface area contributed by atoms with Gasteiger partial charge in [0.1, 0.15) is 20.8 Å². The van der Waals surface area contributed by atoms with Crippen LogP contribution in [0.4, 0.5) is 0 Å². The minimum Gasteiger partial charge on any atom is -0.462 e. The van der Waals surface area contributed by atoms with Crippen molar-refractivity contribution in [2.24, 2.45) is 0 Å². The third kappa shape index (κ3) is 11.5. The molecule has 0 aliphatic heterocycles. The minimum absolute atomic E-state index is 0.0560. The standard InChI is InChI=1S/C15H25BIO7P/c1-5-6-21-11(4)24-15(20)12(25(16)17)9-13(18)22-7-8-23-14(19)10(2)3/h11-12H,2,5-9,16H2,1,3-4H3. The van der Waals surface area contributed by atoms with Gasteiger partial charge in [0.25, 0.3) is 0 Å². The molecule has 0 saturated heterocycles. The lowest BCUT2D eigenvalue weighted by Crippen LogP contribution is -2.29. The van der Waals surface area contributed by atoms with E-state index in [0.717, 1.165) is 6.42 Å². The highest BCUT2D eigenvalue weighted by Crippen LogP contribution is 2.47. The summed E-state index contributed by atoms with van der Waals surface area (Å²) in [6.45, 7) is 8.94. The van der Waals surface area contributed by atoms with Gasteiger partial charge in [-0.1, -0.05) is 41.0 Å². The van der Waals surface area contributed by atoms with E-state index in [1.807, 2.05) is 14.5 Å². The first-order valence-corrected chi connectivity index (χ1v) is 12.5. The Kier molecular flexibility index (Phi) is 13.2. The Morgan fingerprint density at radius 3 is 2.32 bits per heavy atom. The van der Waals surface area contributed by atoms with Gasteiger partial charge < -0.3 is 18.9 Å². The van der Waals surface area contributed by atoms with Crippen LogP contribution in [-0.4, -0.2) is 57.2 Å². The van der Waals surface area contributed by atoms with Crippen molar-refractivity contribution in [1.29, 1.82) is 0 Å². The number of hydrogen-bond donors (Lipinski definition) is 0. The van der Waals surface area contributed by atoms with E-state index in [0.29, 0.717) is 6.61 Å². The summed E-state index contributed by atoms with van der Waals surface area (Å²) in [5, 5.41) is 0. The van der Waals surface area contributed by atoms with Gasteiger partial charge in [-0.15, -0.1) is 0 Å². The molecule has 0 aliphatic rings. The average Bonchev–Trinajstić information content (AvgIpc) is 2.53. The molecule has 0 radical (unpaired) electrons. The molecule has 25 heavy (non-hydrogen) atoms. The lowest BCUT2D eigenvalue weighted by Gasteiger charge is -2.21. The summed E-state index contributed by atoms with van der Waals surface area (Å²) in [4.78, 5) is 35.3. The number of carbonyl (C=O) groups is 3. The number of hydrogen-bond acceptors (Lipinski definition) is 7. The summed E-state index contributed by atoms with van der Waals surface area (Å²) in [6.07, 6.45) is 0.0816. The molecule has 0 aliphatic carbocycles. The zero-order chi connectivity index (χ0) is 19.4. The molecule has 3 unspecified atom stereocenters. The Balaban J connectivity index is 4.32. The fraction of sp³-hybridized carbons (Fsp3) is 0.667. The first kappa shape index (κ1) is 24.3. The van der Waals surface area contributed by atoms with Crippen LogP contribution in [0, 0.1) is 0 Å². The van der Waals surface area contributed by atoms with Crippen molar-refractivity contribution in [2.75, 3.05) is 19.8 Å². The zero-order valence-electron chi connectivity index (χ0n) is 15.1. The van der Waals surface area contributed by atoms with Crippen molar-refractivity contribution < 1.29 is 33.3 Å². The monoisotopic (exact) mass is 486 g/mol. The van der Waals surface area contributed by atoms with Gasteiger partial charge in [-0.3, -0.25) is 9.59 Å². The van der Waals surface area contributed by atoms with Crippen molar-refractivity contribution in [3.63, 3.8) is 0 Å².